The molecule has 4 heteroatoms. The Balaban J connectivity index is 2.25. The van der Waals surface area contributed by atoms with Crippen molar-refractivity contribution in [1.29, 1.82) is 0 Å². The zero-order valence-corrected chi connectivity index (χ0v) is 13.4. The molecular formula is C17H20N2OS. The Morgan fingerprint density at radius 2 is 1.71 bits per heavy atom. The van der Waals surface area contributed by atoms with E-state index in [0.717, 1.165) is 21.8 Å². The van der Waals surface area contributed by atoms with Crippen LogP contribution in [0.3, 0.4) is 0 Å². The Morgan fingerprint density at radius 1 is 1.05 bits per heavy atom. The van der Waals surface area contributed by atoms with E-state index in [9.17, 15) is 0 Å². The van der Waals surface area contributed by atoms with Crippen LogP contribution in [0.5, 0.6) is 0 Å². The van der Waals surface area contributed by atoms with Crippen LogP contribution in [-0.2, 0) is 5.75 Å². The van der Waals surface area contributed by atoms with Gasteiger partial charge in [0, 0.05) is 16.2 Å². The third-order valence-electron chi connectivity index (χ3n) is 3.20. The molecule has 0 aliphatic rings. The zero-order valence-electron chi connectivity index (χ0n) is 12.6. The normalized spacial score (nSPS) is 11.7. The minimum atomic E-state index is 0.151. The van der Waals surface area contributed by atoms with E-state index in [2.05, 4.69) is 43.3 Å². The minimum Gasteiger partial charge on any atom is -0.409 e. The summed E-state index contributed by atoms with van der Waals surface area (Å²) in [6, 6.07) is 12.5. The van der Waals surface area contributed by atoms with E-state index in [1.54, 1.807) is 11.8 Å². The molecule has 21 heavy (non-hydrogen) atoms. The highest BCUT2D eigenvalue weighted by atomic mass is 32.2. The van der Waals surface area contributed by atoms with Gasteiger partial charge in [0.1, 0.15) is 0 Å². The molecule has 0 atom stereocenters. The van der Waals surface area contributed by atoms with Gasteiger partial charge >= 0.3 is 0 Å². The first-order chi connectivity index (χ1) is 9.99. The summed E-state index contributed by atoms with van der Waals surface area (Å²) in [4.78, 5) is 1.03. The lowest BCUT2D eigenvalue weighted by molar-refractivity contribution is 0.318. The largest absolute Gasteiger partial charge is 0.409 e. The molecule has 0 unspecified atom stereocenters. The number of nitrogens with zero attached hydrogens (tertiary/aromatic N) is 1. The fourth-order valence-electron chi connectivity index (χ4n) is 2.33. The number of aryl methyl sites for hydroxylation is 3. The molecule has 0 aliphatic heterocycles. The number of hydrogen-bond donors (Lipinski definition) is 2. The quantitative estimate of drug-likeness (QED) is 0.295. The molecule has 3 N–H and O–H groups in total. The lowest BCUT2D eigenvalue weighted by atomic mass is 10.1. The van der Waals surface area contributed by atoms with Crippen molar-refractivity contribution >= 4 is 17.6 Å². The SMILES string of the molecule is Cc1cc(C)cc(CSc2cc(C)ccc2/C(N)=N/O)c1. The molecule has 0 bridgehead atoms. The van der Waals surface area contributed by atoms with Gasteiger partial charge in [-0.2, -0.15) is 0 Å². The Morgan fingerprint density at radius 3 is 2.33 bits per heavy atom. The first kappa shape index (κ1) is 15.4. The number of hydrogen-bond acceptors (Lipinski definition) is 3. The van der Waals surface area contributed by atoms with Crippen molar-refractivity contribution in [2.75, 3.05) is 0 Å². The van der Waals surface area contributed by atoms with Gasteiger partial charge in [0.15, 0.2) is 5.84 Å². The average molecular weight is 300 g/mol. The summed E-state index contributed by atoms with van der Waals surface area (Å²) >= 11 is 1.70. The van der Waals surface area contributed by atoms with Crippen LogP contribution in [0.25, 0.3) is 0 Å². The number of rotatable bonds is 4. The van der Waals surface area contributed by atoms with Crippen molar-refractivity contribution in [3.63, 3.8) is 0 Å². The molecular weight excluding hydrogens is 280 g/mol. The predicted octanol–water partition coefficient (Wildman–Crippen LogP) is 4.00. The summed E-state index contributed by atoms with van der Waals surface area (Å²) in [7, 11) is 0. The molecule has 2 rings (SSSR count). The van der Waals surface area contributed by atoms with E-state index >= 15 is 0 Å². The van der Waals surface area contributed by atoms with Crippen molar-refractivity contribution in [2.24, 2.45) is 10.9 Å². The van der Waals surface area contributed by atoms with Crippen molar-refractivity contribution in [1.82, 2.24) is 0 Å². The molecule has 0 aromatic heterocycles. The molecule has 0 heterocycles. The second-order valence-electron chi connectivity index (χ2n) is 5.27. The van der Waals surface area contributed by atoms with E-state index in [4.69, 9.17) is 10.9 Å². The first-order valence-electron chi connectivity index (χ1n) is 6.78. The number of benzene rings is 2. The molecule has 0 spiro atoms. The monoisotopic (exact) mass is 300 g/mol. The van der Waals surface area contributed by atoms with Crippen molar-refractivity contribution in [3.05, 3.63) is 64.2 Å². The Bertz CT molecular complexity index is 660. The molecule has 110 valence electrons. The van der Waals surface area contributed by atoms with Crippen molar-refractivity contribution in [3.8, 4) is 0 Å². The second-order valence-corrected chi connectivity index (χ2v) is 6.29. The summed E-state index contributed by atoms with van der Waals surface area (Å²) in [5.41, 5.74) is 11.5. The molecule has 2 aromatic rings. The maximum absolute atomic E-state index is 8.89. The Labute approximate surface area is 129 Å². The fraction of sp³-hybridized carbons (Fsp3) is 0.235. The van der Waals surface area contributed by atoms with Gasteiger partial charge in [-0.3, -0.25) is 0 Å². The summed E-state index contributed by atoms with van der Waals surface area (Å²) in [6.45, 7) is 6.25. The van der Waals surface area contributed by atoms with Crippen LogP contribution in [-0.4, -0.2) is 11.0 Å². The predicted molar refractivity (Wildman–Crippen MR) is 89.2 cm³/mol. The van der Waals surface area contributed by atoms with Crippen LogP contribution in [0, 0.1) is 20.8 Å². The standard InChI is InChI=1S/C17H20N2OS/c1-11-4-5-15(17(18)19-20)16(9-11)21-10-14-7-12(2)6-13(3)8-14/h4-9,20H,10H2,1-3H3,(H2,18,19). The molecule has 0 aliphatic carbocycles. The highest BCUT2D eigenvalue weighted by Crippen LogP contribution is 2.28. The first-order valence-corrected chi connectivity index (χ1v) is 7.76. The maximum Gasteiger partial charge on any atom is 0.171 e. The molecule has 0 amide bonds. The lowest BCUT2D eigenvalue weighted by Gasteiger charge is -2.10. The van der Waals surface area contributed by atoms with Crippen molar-refractivity contribution in [2.45, 2.75) is 31.4 Å². The van der Waals surface area contributed by atoms with Gasteiger partial charge < -0.3 is 10.9 Å². The number of oxime groups is 1. The Kier molecular flexibility index (Phi) is 4.91. The van der Waals surface area contributed by atoms with Gasteiger partial charge in [0.2, 0.25) is 0 Å². The Hall–Kier alpha value is -1.94. The average Bonchev–Trinajstić information content (AvgIpc) is 2.43. The number of amidine groups is 1. The molecule has 0 radical (unpaired) electrons. The van der Waals surface area contributed by atoms with E-state index in [-0.39, 0.29) is 5.84 Å². The van der Waals surface area contributed by atoms with Crippen LogP contribution in [0.2, 0.25) is 0 Å². The van der Waals surface area contributed by atoms with Crippen LogP contribution >= 0.6 is 11.8 Å². The van der Waals surface area contributed by atoms with Gasteiger partial charge in [-0.25, -0.2) is 0 Å². The van der Waals surface area contributed by atoms with Gasteiger partial charge in [-0.15, -0.1) is 11.8 Å². The minimum absolute atomic E-state index is 0.151. The summed E-state index contributed by atoms with van der Waals surface area (Å²) in [5.74, 6) is 1.01. The highest BCUT2D eigenvalue weighted by molar-refractivity contribution is 7.98. The fourth-order valence-corrected chi connectivity index (χ4v) is 3.41. The van der Waals surface area contributed by atoms with Crippen LogP contribution in [0.1, 0.15) is 27.8 Å². The van der Waals surface area contributed by atoms with E-state index in [1.165, 1.54) is 16.7 Å². The van der Waals surface area contributed by atoms with Crippen LogP contribution < -0.4 is 5.73 Å². The van der Waals surface area contributed by atoms with Gasteiger partial charge in [-0.1, -0.05) is 40.5 Å². The van der Waals surface area contributed by atoms with Crippen molar-refractivity contribution < 1.29 is 5.21 Å². The number of nitrogens with two attached hydrogens (primary N) is 1. The van der Waals surface area contributed by atoms with Crippen LogP contribution in [0.15, 0.2) is 46.4 Å². The van der Waals surface area contributed by atoms with Gasteiger partial charge in [-0.05, 0) is 44.0 Å². The van der Waals surface area contributed by atoms with Gasteiger partial charge in [0.25, 0.3) is 0 Å². The summed E-state index contributed by atoms with van der Waals surface area (Å²) in [5, 5.41) is 12.0. The lowest BCUT2D eigenvalue weighted by Crippen LogP contribution is -2.14. The third-order valence-corrected chi connectivity index (χ3v) is 4.32. The molecule has 2 aromatic carbocycles. The topological polar surface area (TPSA) is 58.6 Å². The van der Waals surface area contributed by atoms with E-state index in [1.807, 2.05) is 19.1 Å². The zero-order chi connectivity index (χ0) is 15.4. The molecule has 3 nitrogen and oxygen atoms in total. The third kappa shape index (κ3) is 4.02. The second kappa shape index (κ2) is 6.68. The number of thioether (sulfide) groups is 1. The highest BCUT2D eigenvalue weighted by Gasteiger charge is 2.08. The maximum atomic E-state index is 8.89. The molecule has 0 saturated carbocycles. The smallest absolute Gasteiger partial charge is 0.171 e. The van der Waals surface area contributed by atoms with E-state index in [0.29, 0.717) is 0 Å². The van der Waals surface area contributed by atoms with Crippen LogP contribution in [0.4, 0.5) is 0 Å². The molecule has 0 saturated heterocycles. The van der Waals surface area contributed by atoms with E-state index < -0.39 is 0 Å². The summed E-state index contributed by atoms with van der Waals surface area (Å²) in [6.07, 6.45) is 0. The van der Waals surface area contributed by atoms with Gasteiger partial charge in [0.05, 0.1) is 0 Å². The molecule has 0 fully saturated rings. The summed E-state index contributed by atoms with van der Waals surface area (Å²) < 4.78 is 0.